The van der Waals surface area contributed by atoms with Gasteiger partial charge in [-0.25, -0.2) is 8.78 Å². The van der Waals surface area contributed by atoms with Crippen LogP contribution in [0.2, 0.25) is 0 Å². The standard InChI is InChI=1S/C21H31F2N5O/c1-2-24-21(25-11-9-20(29)26-16-5-3-4-6-16)27-17-10-12-28(14-17)19-8-7-15(22)13-18(19)23/h7-8,13,16-17H,2-6,9-12,14H2,1H3,(H,26,29)(H2,24,25,27). The molecule has 0 spiro atoms. The van der Waals surface area contributed by atoms with Gasteiger partial charge in [0.1, 0.15) is 11.6 Å². The Hall–Kier alpha value is -2.38. The first-order valence-electron chi connectivity index (χ1n) is 10.6. The predicted octanol–water partition coefficient (Wildman–Crippen LogP) is 2.55. The lowest BCUT2D eigenvalue weighted by Crippen LogP contribution is -2.44. The molecule has 3 N–H and O–H groups in total. The monoisotopic (exact) mass is 407 g/mol. The zero-order valence-electron chi connectivity index (χ0n) is 17.0. The van der Waals surface area contributed by atoms with Crippen molar-refractivity contribution in [1.29, 1.82) is 0 Å². The van der Waals surface area contributed by atoms with Crippen LogP contribution in [0.15, 0.2) is 23.2 Å². The largest absolute Gasteiger partial charge is 0.367 e. The van der Waals surface area contributed by atoms with E-state index in [1.165, 1.54) is 25.0 Å². The van der Waals surface area contributed by atoms with Crippen molar-refractivity contribution in [3.8, 4) is 0 Å². The summed E-state index contributed by atoms with van der Waals surface area (Å²) in [4.78, 5) is 18.5. The van der Waals surface area contributed by atoms with Gasteiger partial charge in [0.25, 0.3) is 0 Å². The number of carbonyl (C=O) groups is 1. The number of carbonyl (C=O) groups excluding carboxylic acids is 1. The fourth-order valence-corrected chi connectivity index (χ4v) is 3.99. The Morgan fingerprint density at radius 1 is 1.17 bits per heavy atom. The maximum absolute atomic E-state index is 14.0. The fourth-order valence-electron chi connectivity index (χ4n) is 3.99. The van der Waals surface area contributed by atoms with Crippen molar-refractivity contribution >= 4 is 17.6 Å². The van der Waals surface area contributed by atoms with Gasteiger partial charge < -0.3 is 20.9 Å². The van der Waals surface area contributed by atoms with Crippen LogP contribution in [0.5, 0.6) is 0 Å². The van der Waals surface area contributed by atoms with Gasteiger partial charge in [0.2, 0.25) is 5.91 Å². The highest BCUT2D eigenvalue weighted by Crippen LogP contribution is 2.24. The molecule has 2 aliphatic rings. The van der Waals surface area contributed by atoms with Gasteiger partial charge in [-0.15, -0.1) is 0 Å². The molecule has 0 aromatic heterocycles. The highest BCUT2D eigenvalue weighted by Gasteiger charge is 2.25. The van der Waals surface area contributed by atoms with Crippen LogP contribution in [0.3, 0.4) is 0 Å². The van der Waals surface area contributed by atoms with Crippen molar-refractivity contribution in [2.75, 3.05) is 31.1 Å². The number of amides is 1. The molecule has 0 radical (unpaired) electrons. The van der Waals surface area contributed by atoms with Crippen LogP contribution >= 0.6 is 0 Å². The summed E-state index contributed by atoms with van der Waals surface area (Å²) in [6.45, 7) is 4.40. The second-order valence-electron chi connectivity index (χ2n) is 7.73. The Kier molecular flexibility index (Phi) is 7.66. The summed E-state index contributed by atoms with van der Waals surface area (Å²) >= 11 is 0. The molecular weight excluding hydrogens is 376 g/mol. The van der Waals surface area contributed by atoms with Gasteiger partial charge in [-0.1, -0.05) is 12.8 Å². The van der Waals surface area contributed by atoms with Crippen molar-refractivity contribution < 1.29 is 13.6 Å². The molecule has 1 saturated heterocycles. The quantitative estimate of drug-likeness (QED) is 0.480. The number of rotatable bonds is 7. The number of aliphatic imine (C=N–C) groups is 1. The van der Waals surface area contributed by atoms with Crippen molar-refractivity contribution in [3.05, 3.63) is 29.8 Å². The lowest BCUT2D eigenvalue weighted by atomic mass is 10.2. The van der Waals surface area contributed by atoms with Crippen molar-refractivity contribution in [2.24, 2.45) is 4.99 Å². The fraction of sp³-hybridized carbons (Fsp3) is 0.619. The second-order valence-corrected chi connectivity index (χ2v) is 7.73. The summed E-state index contributed by atoms with van der Waals surface area (Å²) in [6.07, 6.45) is 5.72. The predicted molar refractivity (Wildman–Crippen MR) is 111 cm³/mol. The summed E-state index contributed by atoms with van der Waals surface area (Å²) in [5.74, 6) is -0.402. The zero-order valence-corrected chi connectivity index (χ0v) is 17.0. The van der Waals surface area contributed by atoms with Crippen molar-refractivity contribution in [1.82, 2.24) is 16.0 Å². The van der Waals surface area contributed by atoms with E-state index in [0.29, 0.717) is 50.3 Å². The van der Waals surface area contributed by atoms with Crippen LogP contribution in [0.4, 0.5) is 14.5 Å². The molecule has 1 amide bonds. The number of nitrogens with zero attached hydrogens (tertiary/aromatic N) is 2. The molecule has 1 aromatic carbocycles. The van der Waals surface area contributed by atoms with Crippen LogP contribution in [-0.4, -0.2) is 50.1 Å². The second kappa shape index (κ2) is 10.4. The number of anilines is 1. The summed E-state index contributed by atoms with van der Waals surface area (Å²) in [6, 6.07) is 4.10. The van der Waals surface area contributed by atoms with Gasteiger partial charge in [-0.05, 0) is 38.3 Å². The van der Waals surface area contributed by atoms with Crippen LogP contribution in [-0.2, 0) is 4.79 Å². The maximum atomic E-state index is 14.0. The van der Waals surface area contributed by atoms with Crippen molar-refractivity contribution in [3.63, 3.8) is 0 Å². The maximum Gasteiger partial charge on any atom is 0.222 e. The molecule has 1 saturated carbocycles. The minimum Gasteiger partial charge on any atom is -0.367 e. The minimum atomic E-state index is -0.571. The van der Waals surface area contributed by atoms with Crippen LogP contribution in [0.1, 0.15) is 45.4 Å². The number of benzene rings is 1. The Morgan fingerprint density at radius 3 is 2.69 bits per heavy atom. The molecule has 1 aromatic rings. The van der Waals surface area contributed by atoms with E-state index < -0.39 is 11.6 Å². The molecule has 1 atom stereocenters. The number of guanidine groups is 1. The van der Waals surface area contributed by atoms with E-state index in [0.717, 1.165) is 25.3 Å². The van der Waals surface area contributed by atoms with E-state index in [1.807, 2.05) is 11.8 Å². The highest BCUT2D eigenvalue weighted by molar-refractivity contribution is 5.81. The normalized spacial score (nSPS) is 20.2. The smallest absolute Gasteiger partial charge is 0.222 e. The van der Waals surface area contributed by atoms with E-state index in [2.05, 4.69) is 20.9 Å². The molecule has 1 unspecified atom stereocenters. The molecule has 1 heterocycles. The molecule has 8 heteroatoms. The van der Waals surface area contributed by atoms with Gasteiger partial charge in [0, 0.05) is 44.2 Å². The van der Waals surface area contributed by atoms with E-state index in [1.54, 1.807) is 0 Å². The Balaban J connectivity index is 1.48. The number of hydrogen-bond acceptors (Lipinski definition) is 3. The zero-order chi connectivity index (χ0) is 20.6. The number of halogens is 2. The highest BCUT2D eigenvalue weighted by atomic mass is 19.1. The van der Waals surface area contributed by atoms with Crippen LogP contribution in [0, 0.1) is 11.6 Å². The summed E-state index contributed by atoms with van der Waals surface area (Å²) in [5.41, 5.74) is 0.418. The third-order valence-corrected chi connectivity index (χ3v) is 5.45. The number of hydrogen-bond donors (Lipinski definition) is 3. The van der Waals surface area contributed by atoms with E-state index in [9.17, 15) is 13.6 Å². The third-order valence-electron chi connectivity index (χ3n) is 5.45. The molecule has 6 nitrogen and oxygen atoms in total. The van der Waals surface area contributed by atoms with E-state index in [4.69, 9.17) is 0 Å². The molecule has 0 bridgehead atoms. The first-order chi connectivity index (χ1) is 14.0. The third kappa shape index (κ3) is 6.30. The SMILES string of the molecule is CCNC(=NCCC(=O)NC1CCCC1)NC1CCN(c2ccc(F)cc2F)C1. The lowest BCUT2D eigenvalue weighted by molar-refractivity contribution is -0.121. The topological polar surface area (TPSA) is 68.8 Å². The average Bonchev–Trinajstić information content (AvgIpc) is 3.34. The van der Waals surface area contributed by atoms with E-state index >= 15 is 0 Å². The molecule has 1 aliphatic carbocycles. The van der Waals surface area contributed by atoms with Gasteiger partial charge >= 0.3 is 0 Å². The summed E-state index contributed by atoms with van der Waals surface area (Å²) in [5, 5.41) is 9.63. The van der Waals surface area contributed by atoms with Crippen molar-refractivity contribution in [2.45, 2.75) is 57.5 Å². The van der Waals surface area contributed by atoms with Crippen LogP contribution < -0.4 is 20.9 Å². The van der Waals surface area contributed by atoms with Gasteiger partial charge in [-0.2, -0.15) is 0 Å². The minimum absolute atomic E-state index is 0.0512. The Bertz CT molecular complexity index is 721. The molecular formula is C21H31F2N5O. The molecule has 2 fully saturated rings. The first-order valence-corrected chi connectivity index (χ1v) is 10.6. The Morgan fingerprint density at radius 2 is 1.97 bits per heavy atom. The average molecular weight is 408 g/mol. The molecule has 29 heavy (non-hydrogen) atoms. The van der Waals surface area contributed by atoms with Gasteiger partial charge in [-0.3, -0.25) is 9.79 Å². The Labute approximate surface area is 171 Å². The molecule has 160 valence electrons. The lowest BCUT2D eigenvalue weighted by Gasteiger charge is -2.21. The molecule has 3 rings (SSSR count). The van der Waals surface area contributed by atoms with Gasteiger partial charge in [0.05, 0.1) is 12.2 Å². The van der Waals surface area contributed by atoms with E-state index in [-0.39, 0.29) is 11.9 Å². The van der Waals surface area contributed by atoms with Gasteiger partial charge in [0.15, 0.2) is 5.96 Å². The number of nitrogens with one attached hydrogen (secondary N) is 3. The molecule has 1 aliphatic heterocycles. The van der Waals surface area contributed by atoms with Crippen LogP contribution in [0.25, 0.3) is 0 Å². The summed E-state index contributed by atoms with van der Waals surface area (Å²) in [7, 11) is 0. The first kappa shape index (κ1) is 21.3. The summed E-state index contributed by atoms with van der Waals surface area (Å²) < 4.78 is 27.2.